The summed E-state index contributed by atoms with van der Waals surface area (Å²) < 4.78 is 0. The summed E-state index contributed by atoms with van der Waals surface area (Å²) in [6.07, 6.45) is 8.47. The van der Waals surface area contributed by atoms with Crippen LogP contribution in [-0.2, 0) is 9.59 Å². The summed E-state index contributed by atoms with van der Waals surface area (Å²) in [5.41, 5.74) is -0.277. The van der Waals surface area contributed by atoms with E-state index in [4.69, 9.17) is 0 Å². The number of likely N-dealkylation sites (tertiary alicyclic amines) is 2. The molecule has 2 saturated heterocycles. The number of rotatable bonds is 6. The van der Waals surface area contributed by atoms with Crippen molar-refractivity contribution in [2.45, 2.75) is 83.7 Å². The largest absolute Gasteiger partial charge is 0.387 e. The molecule has 1 aliphatic carbocycles. The minimum Gasteiger partial charge on any atom is -0.387 e. The zero-order valence-corrected chi connectivity index (χ0v) is 20.8. The Morgan fingerprint density at radius 3 is 2.52 bits per heavy atom. The molecule has 1 saturated carbocycles. The molecule has 4 rings (SSSR count). The van der Waals surface area contributed by atoms with Gasteiger partial charge in [0, 0.05) is 43.3 Å². The average molecular weight is 455 g/mol. The second kappa shape index (κ2) is 9.77. The Morgan fingerprint density at radius 1 is 1.15 bits per heavy atom. The highest BCUT2D eigenvalue weighted by Crippen LogP contribution is 2.41. The standard InChI is InChI=1S/C28H42N2O3/c1-21(16-22-10-6-4-7-11-22)26(32)29-15-14-28(33,27(2,3)19-29)20-30-18-24(17-25(30)31)23-12-8-5-9-13-23/h5,8-9,12-13,21-22,24,33H,4,6-7,10-11,14-20H2,1-3H3/t21-,24+,28-/m1/s1. The molecule has 3 aliphatic rings. The molecule has 2 aliphatic heterocycles. The number of nitrogens with zero attached hydrogens (tertiary/aromatic N) is 2. The lowest BCUT2D eigenvalue weighted by molar-refractivity contribution is -0.161. The van der Waals surface area contributed by atoms with E-state index in [2.05, 4.69) is 19.1 Å². The summed E-state index contributed by atoms with van der Waals surface area (Å²) in [6.45, 7) is 8.29. The SMILES string of the molecule is C[C@H](CC1CCCCC1)C(=O)N1CC[C@@](O)(CN2C[C@@H](c3ccccc3)CC2=O)C(C)(C)C1. The van der Waals surface area contributed by atoms with Crippen LogP contribution >= 0.6 is 0 Å². The maximum Gasteiger partial charge on any atom is 0.225 e. The molecule has 2 heterocycles. The summed E-state index contributed by atoms with van der Waals surface area (Å²) >= 11 is 0. The minimum absolute atomic E-state index is 0.0434. The number of piperidine rings is 1. The van der Waals surface area contributed by atoms with Crippen molar-refractivity contribution in [1.82, 2.24) is 9.80 Å². The molecule has 0 bridgehead atoms. The number of carbonyl (C=O) groups is 2. The average Bonchev–Trinajstić information content (AvgIpc) is 3.16. The molecule has 3 atom stereocenters. The minimum atomic E-state index is -0.988. The van der Waals surface area contributed by atoms with Gasteiger partial charge in [-0.1, -0.05) is 83.2 Å². The molecule has 1 N–H and O–H groups in total. The number of hydrogen-bond donors (Lipinski definition) is 1. The van der Waals surface area contributed by atoms with Gasteiger partial charge in [-0.05, 0) is 24.3 Å². The van der Waals surface area contributed by atoms with E-state index in [1.54, 1.807) is 0 Å². The van der Waals surface area contributed by atoms with Crippen LogP contribution in [0.1, 0.15) is 83.6 Å². The van der Waals surface area contributed by atoms with Crippen LogP contribution in [0.3, 0.4) is 0 Å². The molecule has 182 valence electrons. The summed E-state index contributed by atoms with van der Waals surface area (Å²) in [5, 5.41) is 11.7. The first-order valence-electron chi connectivity index (χ1n) is 13.0. The first kappa shape index (κ1) is 24.3. The van der Waals surface area contributed by atoms with Gasteiger partial charge in [0.05, 0.1) is 12.1 Å². The molecular formula is C28H42N2O3. The smallest absolute Gasteiger partial charge is 0.225 e. The Morgan fingerprint density at radius 2 is 1.85 bits per heavy atom. The van der Waals surface area contributed by atoms with Crippen LogP contribution in [0, 0.1) is 17.3 Å². The van der Waals surface area contributed by atoms with Crippen molar-refractivity contribution < 1.29 is 14.7 Å². The van der Waals surface area contributed by atoms with Gasteiger partial charge < -0.3 is 14.9 Å². The molecule has 1 aromatic carbocycles. The predicted octanol–water partition coefficient (Wildman–Crippen LogP) is 4.60. The number of hydrogen-bond acceptors (Lipinski definition) is 3. The van der Waals surface area contributed by atoms with Crippen LogP contribution in [0.5, 0.6) is 0 Å². The number of amides is 2. The van der Waals surface area contributed by atoms with E-state index >= 15 is 0 Å². The maximum atomic E-state index is 13.2. The molecule has 33 heavy (non-hydrogen) atoms. The zero-order valence-electron chi connectivity index (χ0n) is 20.8. The molecule has 5 nitrogen and oxygen atoms in total. The van der Waals surface area contributed by atoms with E-state index in [0.717, 1.165) is 6.42 Å². The first-order chi connectivity index (χ1) is 15.7. The van der Waals surface area contributed by atoms with Crippen molar-refractivity contribution in [1.29, 1.82) is 0 Å². The quantitative estimate of drug-likeness (QED) is 0.683. The summed E-state index contributed by atoms with van der Waals surface area (Å²) in [5.74, 6) is 1.27. The van der Waals surface area contributed by atoms with Crippen molar-refractivity contribution in [3.8, 4) is 0 Å². The van der Waals surface area contributed by atoms with Crippen LogP contribution < -0.4 is 0 Å². The van der Waals surface area contributed by atoms with E-state index in [9.17, 15) is 14.7 Å². The fourth-order valence-electron chi connectivity index (χ4n) is 6.37. The summed E-state index contributed by atoms with van der Waals surface area (Å²) in [4.78, 5) is 29.9. The Hall–Kier alpha value is -1.88. The molecule has 0 spiro atoms. The number of carbonyl (C=O) groups excluding carboxylic acids is 2. The normalized spacial score (nSPS) is 29.3. The molecule has 1 aromatic rings. The van der Waals surface area contributed by atoms with E-state index in [1.165, 1.54) is 37.7 Å². The fraction of sp³-hybridized carbons (Fsp3) is 0.714. The van der Waals surface area contributed by atoms with Crippen molar-refractivity contribution in [2.75, 3.05) is 26.2 Å². The van der Waals surface area contributed by atoms with Crippen molar-refractivity contribution in [3.05, 3.63) is 35.9 Å². The molecular weight excluding hydrogens is 412 g/mol. The Labute approximate surface area is 199 Å². The first-order valence-corrected chi connectivity index (χ1v) is 13.0. The lowest BCUT2D eigenvalue weighted by Gasteiger charge is -2.51. The highest BCUT2D eigenvalue weighted by Gasteiger charge is 2.51. The highest BCUT2D eigenvalue weighted by atomic mass is 16.3. The molecule has 2 amide bonds. The van der Waals surface area contributed by atoms with Gasteiger partial charge >= 0.3 is 0 Å². The second-order valence-corrected chi connectivity index (χ2v) is 11.7. The van der Waals surface area contributed by atoms with E-state index in [1.807, 2.05) is 41.8 Å². The number of benzene rings is 1. The number of β-amino-alcohol motifs (C(OH)–C–C–N with tert-alkyl or cyclic N) is 1. The molecule has 0 aromatic heterocycles. The highest BCUT2D eigenvalue weighted by molar-refractivity contribution is 5.80. The third-order valence-corrected chi connectivity index (χ3v) is 8.72. The van der Waals surface area contributed by atoms with Gasteiger partial charge in [0.15, 0.2) is 0 Å². The van der Waals surface area contributed by atoms with Crippen LogP contribution in [-0.4, -0.2) is 58.5 Å². The van der Waals surface area contributed by atoms with Crippen LogP contribution in [0.15, 0.2) is 30.3 Å². The summed E-state index contributed by atoms with van der Waals surface area (Å²) in [6, 6.07) is 10.2. The van der Waals surface area contributed by atoms with Gasteiger partial charge in [-0.2, -0.15) is 0 Å². The monoisotopic (exact) mass is 454 g/mol. The van der Waals surface area contributed by atoms with Gasteiger partial charge in [-0.3, -0.25) is 9.59 Å². The van der Waals surface area contributed by atoms with E-state index < -0.39 is 11.0 Å². The van der Waals surface area contributed by atoms with Gasteiger partial charge in [0.1, 0.15) is 0 Å². The van der Waals surface area contributed by atoms with Gasteiger partial charge in [0.25, 0.3) is 0 Å². The van der Waals surface area contributed by atoms with Crippen molar-refractivity contribution in [2.24, 2.45) is 17.3 Å². The molecule has 0 radical (unpaired) electrons. The molecule has 3 fully saturated rings. The van der Waals surface area contributed by atoms with Crippen LogP contribution in [0.25, 0.3) is 0 Å². The van der Waals surface area contributed by atoms with Gasteiger partial charge in [-0.25, -0.2) is 0 Å². The second-order valence-electron chi connectivity index (χ2n) is 11.7. The van der Waals surface area contributed by atoms with Gasteiger partial charge in [0.2, 0.25) is 11.8 Å². The van der Waals surface area contributed by atoms with Crippen molar-refractivity contribution >= 4 is 11.8 Å². The van der Waals surface area contributed by atoms with Crippen LogP contribution in [0.4, 0.5) is 0 Å². The zero-order chi connectivity index (χ0) is 23.6. The Balaban J connectivity index is 1.36. The molecule has 0 unspecified atom stereocenters. The Bertz CT molecular complexity index is 833. The summed E-state index contributed by atoms with van der Waals surface area (Å²) in [7, 11) is 0. The third-order valence-electron chi connectivity index (χ3n) is 8.72. The lowest BCUT2D eigenvalue weighted by atomic mass is 9.69. The maximum absolute atomic E-state index is 13.2. The topological polar surface area (TPSA) is 60.9 Å². The Kier molecular flexibility index (Phi) is 7.18. The lowest BCUT2D eigenvalue weighted by Crippen LogP contribution is -2.63. The van der Waals surface area contributed by atoms with Gasteiger partial charge in [-0.15, -0.1) is 0 Å². The van der Waals surface area contributed by atoms with Crippen LogP contribution in [0.2, 0.25) is 0 Å². The third kappa shape index (κ3) is 5.29. The van der Waals surface area contributed by atoms with Crippen molar-refractivity contribution in [3.63, 3.8) is 0 Å². The predicted molar refractivity (Wildman–Crippen MR) is 131 cm³/mol. The number of aliphatic hydroxyl groups is 1. The van der Waals surface area contributed by atoms with E-state index in [0.29, 0.717) is 44.9 Å². The molecule has 5 heteroatoms. The fourth-order valence-corrected chi connectivity index (χ4v) is 6.37. The van der Waals surface area contributed by atoms with E-state index in [-0.39, 0.29) is 23.7 Å².